The van der Waals surface area contributed by atoms with Crippen LogP contribution in [0.3, 0.4) is 0 Å². The molecule has 1 aliphatic heterocycles. The summed E-state index contributed by atoms with van der Waals surface area (Å²) >= 11 is 0. The summed E-state index contributed by atoms with van der Waals surface area (Å²) in [7, 11) is 1.44. The van der Waals surface area contributed by atoms with Crippen molar-refractivity contribution in [1.29, 1.82) is 0 Å². The van der Waals surface area contributed by atoms with Crippen LogP contribution in [-0.4, -0.2) is 71.6 Å². The molecule has 37 heavy (non-hydrogen) atoms. The molecule has 1 amide bonds. The van der Waals surface area contributed by atoms with E-state index in [1.165, 1.54) is 13.2 Å². The maximum absolute atomic E-state index is 14.3. The minimum atomic E-state index is -0.439. The summed E-state index contributed by atoms with van der Waals surface area (Å²) in [6.45, 7) is 7.36. The van der Waals surface area contributed by atoms with Gasteiger partial charge in [0.25, 0.3) is 5.91 Å². The van der Waals surface area contributed by atoms with E-state index >= 15 is 0 Å². The maximum Gasteiger partial charge on any atom is 0.251 e. The van der Waals surface area contributed by atoms with E-state index in [0.29, 0.717) is 29.1 Å². The van der Waals surface area contributed by atoms with E-state index in [1.54, 1.807) is 30.7 Å². The Labute approximate surface area is 214 Å². The maximum atomic E-state index is 14.3. The SMILES string of the molecule is COc1ccc(-c2cnc3c(Nc4ccc(C(=O)NCCN5CCNCC5)c(C)c4)nccn23)cc1F. The minimum Gasteiger partial charge on any atom is -0.494 e. The lowest BCUT2D eigenvalue weighted by molar-refractivity contribution is 0.0946. The van der Waals surface area contributed by atoms with E-state index < -0.39 is 5.82 Å². The summed E-state index contributed by atoms with van der Waals surface area (Å²) in [5.74, 6) is 0.221. The zero-order valence-electron chi connectivity index (χ0n) is 20.9. The molecule has 0 bridgehead atoms. The smallest absolute Gasteiger partial charge is 0.251 e. The zero-order valence-corrected chi connectivity index (χ0v) is 20.9. The van der Waals surface area contributed by atoms with Crippen LogP contribution in [0.4, 0.5) is 15.9 Å². The average Bonchev–Trinajstić information content (AvgIpc) is 3.34. The number of fused-ring (bicyclic) bond motifs is 1. The lowest BCUT2D eigenvalue weighted by Gasteiger charge is -2.27. The highest BCUT2D eigenvalue weighted by atomic mass is 19.1. The number of imidazole rings is 1. The second kappa shape index (κ2) is 10.9. The monoisotopic (exact) mass is 503 g/mol. The Hall–Kier alpha value is -4.02. The Morgan fingerprint density at radius 3 is 2.76 bits per heavy atom. The molecular formula is C27H30FN7O2. The number of ether oxygens (including phenoxy) is 1. The summed E-state index contributed by atoms with van der Waals surface area (Å²) in [5, 5.41) is 9.66. The van der Waals surface area contributed by atoms with Gasteiger partial charge < -0.3 is 20.7 Å². The van der Waals surface area contributed by atoms with Crippen molar-refractivity contribution in [3.63, 3.8) is 0 Å². The van der Waals surface area contributed by atoms with Gasteiger partial charge in [0.05, 0.1) is 19.0 Å². The topological polar surface area (TPSA) is 95.8 Å². The van der Waals surface area contributed by atoms with E-state index in [0.717, 1.165) is 49.7 Å². The number of piperazine rings is 1. The number of hydrogen-bond donors (Lipinski definition) is 3. The van der Waals surface area contributed by atoms with Crippen LogP contribution in [0.2, 0.25) is 0 Å². The van der Waals surface area contributed by atoms with Gasteiger partial charge in [-0.1, -0.05) is 0 Å². The molecule has 2 aromatic carbocycles. The van der Waals surface area contributed by atoms with Gasteiger partial charge in [-0.05, 0) is 48.9 Å². The van der Waals surface area contributed by atoms with E-state index in [-0.39, 0.29) is 11.7 Å². The van der Waals surface area contributed by atoms with Gasteiger partial charge >= 0.3 is 0 Å². The number of benzene rings is 2. The average molecular weight is 504 g/mol. The molecule has 0 aliphatic carbocycles. The van der Waals surface area contributed by atoms with Crippen LogP contribution in [0.25, 0.3) is 16.9 Å². The molecule has 10 heteroatoms. The Morgan fingerprint density at radius 2 is 2.00 bits per heavy atom. The zero-order chi connectivity index (χ0) is 25.8. The molecule has 1 aliphatic rings. The number of methoxy groups -OCH3 is 1. The first-order valence-electron chi connectivity index (χ1n) is 12.3. The van der Waals surface area contributed by atoms with E-state index in [9.17, 15) is 9.18 Å². The van der Waals surface area contributed by atoms with Gasteiger partial charge in [0.1, 0.15) is 0 Å². The summed E-state index contributed by atoms with van der Waals surface area (Å²) in [6.07, 6.45) is 5.13. The molecule has 0 saturated carbocycles. The van der Waals surface area contributed by atoms with E-state index in [4.69, 9.17) is 4.74 Å². The molecule has 9 nitrogen and oxygen atoms in total. The largest absolute Gasteiger partial charge is 0.494 e. The third-order valence-electron chi connectivity index (χ3n) is 6.53. The van der Waals surface area contributed by atoms with Gasteiger partial charge in [-0.3, -0.25) is 14.1 Å². The van der Waals surface area contributed by atoms with E-state index in [1.807, 2.05) is 29.5 Å². The second-order valence-corrected chi connectivity index (χ2v) is 8.96. The highest BCUT2D eigenvalue weighted by molar-refractivity contribution is 5.96. The number of carbonyl (C=O) groups excluding carboxylic acids is 1. The molecule has 2 aromatic heterocycles. The molecule has 0 radical (unpaired) electrons. The van der Waals surface area contributed by atoms with Gasteiger partial charge in [0.15, 0.2) is 23.0 Å². The lowest BCUT2D eigenvalue weighted by atomic mass is 10.1. The minimum absolute atomic E-state index is 0.0796. The van der Waals surface area contributed by atoms with Crippen molar-refractivity contribution in [3.8, 4) is 17.0 Å². The number of halogens is 1. The van der Waals surface area contributed by atoms with Gasteiger partial charge in [0.2, 0.25) is 0 Å². The Kier molecular flexibility index (Phi) is 7.29. The van der Waals surface area contributed by atoms with Gasteiger partial charge in [0, 0.05) is 68.5 Å². The molecule has 3 N–H and O–H groups in total. The number of nitrogens with one attached hydrogen (secondary N) is 3. The number of hydrogen-bond acceptors (Lipinski definition) is 7. The van der Waals surface area contributed by atoms with Crippen molar-refractivity contribution in [2.45, 2.75) is 6.92 Å². The quantitative estimate of drug-likeness (QED) is 0.340. The van der Waals surface area contributed by atoms with Crippen LogP contribution in [0.5, 0.6) is 5.75 Å². The molecule has 192 valence electrons. The number of amides is 1. The predicted molar refractivity (Wildman–Crippen MR) is 141 cm³/mol. The molecule has 4 aromatic rings. The van der Waals surface area contributed by atoms with Crippen LogP contribution >= 0.6 is 0 Å². The normalized spacial score (nSPS) is 14.0. The molecule has 1 fully saturated rings. The molecule has 1 saturated heterocycles. The molecule has 3 heterocycles. The fourth-order valence-corrected chi connectivity index (χ4v) is 4.54. The van der Waals surface area contributed by atoms with Crippen molar-refractivity contribution in [2.24, 2.45) is 0 Å². The third kappa shape index (κ3) is 5.40. The van der Waals surface area contributed by atoms with Crippen LogP contribution in [0, 0.1) is 12.7 Å². The Balaban J connectivity index is 1.29. The second-order valence-electron chi connectivity index (χ2n) is 8.96. The molecular weight excluding hydrogens is 473 g/mol. The first-order chi connectivity index (χ1) is 18.0. The van der Waals surface area contributed by atoms with Gasteiger partial charge in [-0.25, -0.2) is 14.4 Å². The number of nitrogens with zero attached hydrogens (tertiary/aromatic N) is 4. The summed E-state index contributed by atoms with van der Waals surface area (Å²) in [6, 6.07) is 10.4. The summed E-state index contributed by atoms with van der Waals surface area (Å²) in [5.41, 5.74) is 4.28. The van der Waals surface area contributed by atoms with Gasteiger partial charge in [-0.15, -0.1) is 0 Å². The van der Waals surface area contributed by atoms with Crippen LogP contribution < -0.4 is 20.7 Å². The fourth-order valence-electron chi connectivity index (χ4n) is 4.54. The van der Waals surface area contributed by atoms with Crippen molar-refractivity contribution >= 4 is 23.1 Å². The summed E-state index contributed by atoms with van der Waals surface area (Å²) < 4.78 is 21.2. The number of carbonyl (C=O) groups is 1. The molecule has 0 spiro atoms. The first kappa shape index (κ1) is 24.7. The van der Waals surface area contributed by atoms with E-state index in [2.05, 4.69) is 30.8 Å². The highest BCUT2D eigenvalue weighted by Gasteiger charge is 2.15. The number of aryl methyl sites for hydroxylation is 1. The fraction of sp³-hybridized carbons (Fsp3) is 0.296. The predicted octanol–water partition coefficient (Wildman–Crippen LogP) is 3.23. The lowest BCUT2D eigenvalue weighted by Crippen LogP contribution is -2.46. The molecule has 0 atom stereocenters. The summed E-state index contributed by atoms with van der Waals surface area (Å²) in [4.78, 5) is 24.0. The van der Waals surface area contributed by atoms with Crippen LogP contribution in [-0.2, 0) is 0 Å². The Morgan fingerprint density at radius 1 is 1.16 bits per heavy atom. The number of anilines is 2. The first-order valence-corrected chi connectivity index (χ1v) is 12.3. The van der Waals surface area contributed by atoms with Gasteiger partial charge in [-0.2, -0.15) is 0 Å². The van der Waals surface area contributed by atoms with Crippen molar-refractivity contribution < 1.29 is 13.9 Å². The standard InChI is InChI=1S/C27H30FN7O2/c1-18-15-20(4-5-21(18)27(36)31-9-13-34-11-7-29-8-12-34)33-25-26-32-17-23(35(26)14-10-30-25)19-3-6-24(37-2)22(28)16-19/h3-6,10,14-17,29H,7-9,11-13H2,1-2H3,(H,30,33)(H,31,36). The Bertz CT molecular complexity index is 1420. The van der Waals surface area contributed by atoms with Crippen molar-refractivity contribution in [1.82, 2.24) is 29.9 Å². The third-order valence-corrected chi connectivity index (χ3v) is 6.53. The highest BCUT2D eigenvalue weighted by Crippen LogP contribution is 2.28. The van der Waals surface area contributed by atoms with Crippen molar-refractivity contribution in [2.75, 3.05) is 51.7 Å². The van der Waals surface area contributed by atoms with Crippen molar-refractivity contribution in [3.05, 3.63) is 71.9 Å². The van der Waals surface area contributed by atoms with Crippen LogP contribution in [0.15, 0.2) is 55.0 Å². The van der Waals surface area contributed by atoms with Crippen LogP contribution in [0.1, 0.15) is 15.9 Å². The number of aromatic nitrogens is 3. The number of rotatable bonds is 8. The molecule has 5 rings (SSSR count). The molecule has 0 unspecified atom stereocenters.